The molecule has 3 saturated carbocycles. The number of carbonyl (C=O) groups excluding carboxylic acids is 2. The standard InChI is InChI=1S/C24H26N2O2/c27-22(25-26-23(28)21-18-13-7-8-14-19(18)21)20-15-24(20,16-9-3-1-4-10-16)17-11-5-2-6-12-17/h1-6,9-12,18-21H,7-8,13-15H2,(H,25,27)(H,26,28). The molecule has 2 N–H and O–H groups in total. The normalized spacial score (nSPS) is 29.3. The van der Waals surface area contributed by atoms with Crippen LogP contribution in [0.1, 0.15) is 43.2 Å². The van der Waals surface area contributed by atoms with E-state index in [-0.39, 0.29) is 29.1 Å². The molecule has 28 heavy (non-hydrogen) atoms. The Morgan fingerprint density at radius 3 is 1.79 bits per heavy atom. The average Bonchev–Trinajstić information content (AvgIpc) is 3.66. The highest BCUT2D eigenvalue weighted by Gasteiger charge is 2.60. The second-order valence-corrected chi connectivity index (χ2v) is 8.58. The number of hydrogen-bond donors (Lipinski definition) is 2. The van der Waals surface area contributed by atoms with Gasteiger partial charge in [-0.25, -0.2) is 0 Å². The van der Waals surface area contributed by atoms with Gasteiger partial charge in [0.05, 0.1) is 5.92 Å². The van der Waals surface area contributed by atoms with E-state index in [0.717, 1.165) is 30.4 Å². The van der Waals surface area contributed by atoms with E-state index in [1.807, 2.05) is 36.4 Å². The molecule has 3 unspecified atom stereocenters. The first-order chi connectivity index (χ1) is 13.7. The molecular formula is C24H26N2O2. The topological polar surface area (TPSA) is 58.2 Å². The molecule has 2 amide bonds. The number of amides is 2. The van der Waals surface area contributed by atoms with Crippen molar-refractivity contribution in [1.29, 1.82) is 0 Å². The van der Waals surface area contributed by atoms with Crippen molar-refractivity contribution in [2.45, 2.75) is 37.5 Å². The molecule has 3 fully saturated rings. The lowest BCUT2D eigenvalue weighted by molar-refractivity contribution is -0.130. The Hall–Kier alpha value is -2.62. The van der Waals surface area contributed by atoms with Crippen LogP contribution in [-0.2, 0) is 15.0 Å². The van der Waals surface area contributed by atoms with Gasteiger partial charge in [-0.3, -0.25) is 20.4 Å². The van der Waals surface area contributed by atoms with Gasteiger partial charge < -0.3 is 0 Å². The lowest BCUT2D eigenvalue weighted by Crippen LogP contribution is -2.44. The Kier molecular flexibility index (Phi) is 4.22. The summed E-state index contributed by atoms with van der Waals surface area (Å²) in [6, 6.07) is 20.4. The molecule has 0 bridgehead atoms. The van der Waals surface area contributed by atoms with Crippen molar-refractivity contribution in [2.24, 2.45) is 23.7 Å². The number of benzene rings is 2. The Bertz CT molecular complexity index is 828. The van der Waals surface area contributed by atoms with E-state index in [0.29, 0.717) is 11.8 Å². The summed E-state index contributed by atoms with van der Waals surface area (Å²) in [5.41, 5.74) is 7.46. The van der Waals surface area contributed by atoms with Crippen LogP contribution in [-0.4, -0.2) is 11.8 Å². The van der Waals surface area contributed by atoms with E-state index >= 15 is 0 Å². The van der Waals surface area contributed by atoms with Crippen LogP contribution in [0.2, 0.25) is 0 Å². The number of fused-ring (bicyclic) bond motifs is 1. The number of carbonyl (C=O) groups is 2. The predicted molar refractivity (Wildman–Crippen MR) is 107 cm³/mol. The molecule has 2 aromatic rings. The molecule has 0 saturated heterocycles. The van der Waals surface area contributed by atoms with E-state index in [1.54, 1.807) is 0 Å². The van der Waals surface area contributed by atoms with Gasteiger partial charge in [-0.15, -0.1) is 0 Å². The fourth-order valence-corrected chi connectivity index (χ4v) is 5.53. The zero-order valence-corrected chi connectivity index (χ0v) is 15.9. The fraction of sp³-hybridized carbons (Fsp3) is 0.417. The molecule has 0 aliphatic heterocycles. The minimum absolute atomic E-state index is 0.00378. The molecule has 144 valence electrons. The Labute approximate surface area is 165 Å². The van der Waals surface area contributed by atoms with Gasteiger partial charge in [0.15, 0.2) is 0 Å². The Balaban J connectivity index is 1.28. The van der Waals surface area contributed by atoms with Gasteiger partial charge >= 0.3 is 0 Å². The molecule has 2 aromatic carbocycles. The zero-order chi connectivity index (χ0) is 19.1. The van der Waals surface area contributed by atoms with Crippen LogP contribution in [0.3, 0.4) is 0 Å². The number of rotatable bonds is 4. The summed E-state index contributed by atoms with van der Waals surface area (Å²) in [5, 5.41) is 0. The maximum atomic E-state index is 12.9. The van der Waals surface area contributed by atoms with Crippen LogP contribution < -0.4 is 10.9 Å². The van der Waals surface area contributed by atoms with Crippen molar-refractivity contribution in [2.75, 3.05) is 0 Å². The van der Waals surface area contributed by atoms with Crippen LogP contribution in [0, 0.1) is 23.7 Å². The minimum Gasteiger partial charge on any atom is -0.273 e. The zero-order valence-electron chi connectivity index (χ0n) is 15.9. The average molecular weight is 374 g/mol. The summed E-state index contributed by atoms with van der Waals surface area (Å²) in [7, 11) is 0. The summed E-state index contributed by atoms with van der Waals surface area (Å²) in [5.74, 6) is 0.924. The molecule has 3 aliphatic rings. The smallest absolute Gasteiger partial charge is 0.242 e. The van der Waals surface area contributed by atoms with E-state index in [4.69, 9.17) is 0 Å². The van der Waals surface area contributed by atoms with Crippen molar-refractivity contribution in [1.82, 2.24) is 10.9 Å². The second-order valence-electron chi connectivity index (χ2n) is 8.58. The first kappa shape index (κ1) is 17.5. The summed E-state index contributed by atoms with van der Waals surface area (Å²) in [4.78, 5) is 25.4. The third-order valence-electron chi connectivity index (χ3n) is 7.12. The summed E-state index contributed by atoms with van der Waals surface area (Å²) < 4.78 is 0. The van der Waals surface area contributed by atoms with E-state index in [1.165, 1.54) is 12.8 Å². The molecule has 0 spiro atoms. The summed E-state index contributed by atoms with van der Waals surface area (Å²) >= 11 is 0. The molecule has 3 atom stereocenters. The number of nitrogens with one attached hydrogen (secondary N) is 2. The van der Waals surface area contributed by atoms with Crippen LogP contribution in [0.5, 0.6) is 0 Å². The molecule has 0 heterocycles. The number of hydrogen-bond acceptors (Lipinski definition) is 2. The van der Waals surface area contributed by atoms with Gasteiger partial charge in [0.25, 0.3) is 0 Å². The quantitative estimate of drug-likeness (QED) is 0.804. The van der Waals surface area contributed by atoms with Gasteiger partial charge in [-0.2, -0.15) is 0 Å². The van der Waals surface area contributed by atoms with Crippen molar-refractivity contribution in [3.63, 3.8) is 0 Å². The highest BCUT2D eigenvalue weighted by Crippen LogP contribution is 2.59. The van der Waals surface area contributed by atoms with Crippen LogP contribution in [0.25, 0.3) is 0 Å². The lowest BCUT2D eigenvalue weighted by Gasteiger charge is -2.19. The number of hydrazine groups is 1. The van der Waals surface area contributed by atoms with Crippen molar-refractivity contribution < 1.29 is 9.59 Å². The molecule has 3 aliphatic carbocycles. The van der Waals surface area contributed by atoms with Crippen LogP contribution >= 0.6 is 0 Å². The third kappa shape index (κ3) is 2.83. The summed E-state index contributed by atoms with van der Waals surface area (Å²) in [6.45, 7) is 0. The Morgan fingerprint density at radius 2 is 1.25 bits per heavy atom. The fourth-order valence-electron chi connectivity index (χ4n) is 5.53. The van der Waals surface area contributed by atoms with E-state index in [2.05, 4.69) is 35.1 Å². The largest absolute Gasteiger partial charge is 0.273 e. The molecule has 4 nitrogen and oxygen atoms in total. The molecule has 0 aromatic heterocycles. The molecule has 5 rings (SSSR count). The van der Waals surface area contributed by atoms with Gasteiger partial charge in [-0.05, 0) is 42.2 Å². The molecule has 0 radical (unpaired) electrons. The van der Waals surface area contributed by atoms with Gasteiger partial charge in [0.2, 0.25) is 11.8 Å². The maximum absolute atomic E-state index is 12.9. The van der Waals surface area contributed by atoms with Crippen molar-refractivity contribution in [3.8, 4) is 0 Å². The van der Waals surface area contributed by atoms with Crippen LogP contribution in [0.15, 0.2) is 60.7 Å². The monoisotopic (exact) mass is 374 g/mol. The van der Waals surface area contributed by atoms with Crippen LogP contribution in [0.4, 0.5) is 0 Å². The van der Waals surface area contributed by atoms with E-state index in [9.17, 15) is 9.59 Å². The SMILES string of the molecule is O=C(NNC(=O)C1CC1(c1ccccc1)c1ccccc1)C1C2CCCCC21. The van der Waals surface area contributed by atoms with Gasteiger partial charge in [0, 0.05) is 11.3 Å². The molecular weight excluding hydrogens is 348 g/mol. The van der Waals surface area contributed by atoms with Gasteiger partial charge in [0.1, 0.15) is 0 Å². The second kappa shape index (κ2) is 6.77. The first-order valence-corrected chi connectivity index (χ1v) is 10.4. The molecule has 4 heteroatoms. The summed E-state index contributed by atoms with van der Waals surface area (Å²) in [6.07, 6.45) is 5.54. The minimum atomic E-state index is -0.301. The third-order valence-corrected chi connectivity index (χ3v) is 7.12. The Morgan fingerprint density at radius 1 is 0.750 bits per heavy atom. The van der Waals surface area contributed by atoms with Crippen molar-refractivity contribution in [3.05, 3.63) is 71.8 Å². The van der Waals surface area contributed by atoms with Gasteiger partial charge in [-0.1, -0.05) is 73.5 Å². The highest BCUT2D eigenvalue weighted by molar-refractivity contribution is 5.89. The first-order valence-electron chi connectivity index (χ1n) is 10.4. The highest BCUT2D eigenvalue weighted by atomic mass is 16.2. The maximum Gasteiger partial charge on any atom is 0.242 e. The van der Waals surface area contributed by atoms with Crippen molar-refractivity contribution >= 4 is 11.8 Å². The predicted octanol–water partition coefficient (Wildman–Crippen LogP) is 3.58. The van der Waals surface area contributed by atoms with E-state index < -0.39 is 0 Å². The lowest BCUT2D eigenvalue weighted by atomic mass is 9.85.